The van der Waals surface area contributed by atoms with Gasteiger partial charge in [-0.1, -0.05) is 38.1 Å². The van der Waals surface area contributed by atoms with E-state index in [1.165, 1.54) is 7.11 Å². The highest BCUT2D eigenvalue weighted by molar-refractivity contribution is 5.89. The van der Waals surface area contributed by atoms with Gasteiger partial charge >= 0.3 is 5.97 Å². The van der Waals surface area contributed by atoms with Crippen LogP contribution in [-0.2, 0) is 21.5 Å². The van der Waals surface area contributed by atoms with Gasteiger partial charge in [-0.2, -0.15) is 0 Å². The van der Waals surface area contributed by atoms with Crippen molar-refractivity contribution in [3.8, 4) is 5.75 Å². The number of anilines is 1. The van der Waals surface area contributed by atoms with E-state index in [9.17, 15) is 4.79 Å². The van der Waals surface area contributed by atoms with Crippen LogP contribution >= 0.6 is 0 Å². The lowest BCUT2D eigenvalue weighted by atomic mass is 9.78. The molecule has 7 heteroatoms. The van der Waals surface area contributed by atoms with Gasteiger partial charge in [0.25, 0.3) is 0 Å². The largest absolute Gasteiger partial charge is 0.487 e. The van der Waals surface area contributed by atoms with E-state index in [-0.39, 0.29) is 11.4 Å². The maximum atomic E-state index is 11.7. The topological polar surface area (TPSA) is 73.8 Å². The van der Waals surface area contributed by atoms with E-state index in [0.717, 1.165) is 54.8 Å². The summed E-state index contributed by atoms with van der Waals surface area (Å²) in [6, 6.07) is 17.6. The molecule has 2 aliphatic rings. The summed E-state index contributed by atoms with van der Waals surface area (Å²) in [5.74, 6) is 1.22. The fraction of sp³-hybridized carbons (Fsp3) is 0.370. The molecule has 2 aromatic carbocycles. The molecule has 0 radical (unpaired) electrons. The standard InChI is InChI=1S/C27H29N3O4/c1-26(2,20-6-4-19(5-7-20)24(31)32-3)21-8-10-23(11-9-21)34-14-22-12-13-28-25(29-22)30-15-27(16-30)17-33-18-27/h4-13H,14-18H2,1-3H3. The summed E-state index contributed by atoms with van der Waals surface area (Å²) < 4.78 is 16.1. The highest BCUT2D eigenvalue weighted by Crippen LogP contribution is 2.39. The molecule has 0 atom stereocenters. The van der Waals surface area contributed by atoms with E-state index in [1.54, 1.807) is 18.3 Å². The lowest BCUT2D eigenvalue weighted by Gasteiger charge is -2.54. The molecule has 0 unspecified atom stereocenters. The second-order valence-electron chi connectivity index (χ2n) is 9.70. The zero-order chi connectivity index (χ0) is 23.8. The molecule has 0 saturated carbocycles. The van der Waals surface area contributed by atoms with Crippen LogP contribution in [0.25, 0.3) is 0 Å². The molecule has 3 heterocycles. The number of methoxy groups -OCH3 is 1. The number of ether oxygens (including phenoxy) is 3. The Morgan fingerprint density at radius 3 is 2.26 bits per heavy atom. The molecule has 2 aliphatic heterocycles. The van der Waals surface area contributed by atoms with Gasteiger partial charge in [0.05, 0.1) is 37.0 Å². The predicted molar refractivity (Wildman–Crippen MR) is 128 cm³/mol. The zero-order valence-electron chi connectivity index (χ0n) is 19.8. The number of hydrogen-bond donors (Lipinski definition) is 0. The van der Waals surface area contributed by atoms with Gasteiger partial charge in [0, 0.05) is 24.7 Å². The number of aromatic nitrogens is 2. The maximum absolute atomic E-state index is 11.7. The van der Waals surface area contributed by atoms with E-state index in [0.29, 0.717) is 17.6 Å². The third-order valence-corrected chi connectivity index (χ3v) is 6.84. The summed E-state index contributed by atoms with van der Waals surface area (Å²) in [4.78, 5) is 23.0. The van der Waals surface area contributed by atoms with Crippen LogP contribution in [0.2, 0.25) is 0 Å². The van der Waals surface area contributed by atoms with E-state index in [4.69, 9.17) is 14.2 Å². The second-order valence-corrected chi connectivity index (χ2v) is 9.70. The van der Waals surface area contributed by atoms with Crippen molar-refractivity contribution in [2.75, 3.05) is 38.3 Å². The maximum Gasteiger partial charge on any atom is 0.337 e. The van der Waals surface area contributed by atoms with Gasteiger partial charge in [-0.25, -0.2) is 14.8 Å². The molecule has 0 N–H and O–H groups in total. The SMILES string of the molecule is COC(=O)c1ccc(C(C)(C)c2ccc(OCc3ccnc(N4CC5(COC5)C4)n3)cc2)cc1. The number of carbonyl (C=O) groups excluding carboxylic acids is 1. The highest BCUT2D eigenvalue weighted by Gasteiger charge is 2.49. The Labute approximate surface area is 199 Å². The Bertz CT molecular complexity index is 1160. The van der Waals surface area contributed by atoms with Crippen LogP contribution in [-0.4, -0.2) is 49.4 Å². The summed E-state index contributed by atoms with van der Waals surface area (Å²) in [6.45, 7) is 8.31. The molecule has 2 saturated heterocycles. The number of rotatable bonds is 7. The summed E-state index contributed by atoms with van der Waals surface area (Å²) in [7, 11) is 1.39. The van der Waals surface area contributed by atoms with E-state index < -0.39 is 0 Å². The molecule has 2 fully saturated rings. The minimum absolute atomic E-state index is 0.227. The van der Waals surface area contributed by atoms with Gasteiger partial charge in [0.2, 0.25) is 5.95 Å². The lowest BCUT2D eigenvalue weighted by Crippen LogP contribution is -2.66. The van der Waals surface area contributed by atoms with Crippen LogP contribution in [0.1, 0.15) is 41.0 Å². The van der Waals surface area contributed by atoms with E-state index >= 15 is 0 Å². The van der Waals surface area contributed by atoms with Gasteiger partial charge < -0.3 is 19.1 Å². The van der Waals surface area contributed by atoms with Crippen LogP contribution in [0.4, 0.5) is 5.95 Å². The van der Waals surface area contributed by atoms with Crippen molar-refractivity contribution in [1.29, 1.82) is 0 Å². The minimum atomic E-state index is -0.330. The Morgan fingerprint density at radius 2 is 1.68 bits per heavy atom. The number of nitrogens with zero attached hydrogens (tertiary/aromatic N) is 3. The Hall–Kier alpha value is -3.45. The molecular weight excluding hydrogens is 430 g/mol. The van der Waals surface area contributed by atoms with Gasteiger partial charge in [0.15, 0.2) is 0 Å². The first-order chi connectivity index (χ1) is 16.4. The molecule has 1 aromatic heterocycles. The number of carbonyl (C=O) groups is 1. The van der Waals surface area contributed by atoms with Crippen LogP contribution in [0, 0.1) is 5.41 Å². The third-order valence-electron chi connectivity index (χ3n) is 6.84. The summed E-state index contributed by atoms with van der Waals surface area (Å²) >= 11 is 0. The van der Waals surface area contributed by atoms with E-state index in [1.807, 2.05) is 30.3 Å². The number of hydrogen-bond acceptors (Lipinski definition) is 7. The second kappa shape index (κ2) is 8.72. The monoisotopic (exact) mass is 459 g/mol. The quantitative estimate of drug-likeness (QED) is 0.495. The Balaban J connectivity index is 1.21. The van der Waals surface area contributed by atoms with Crippen LogP contribution in [0.3, 0.4) is 0 Å². The first-order valence-electron chi connectivity index (χ1n) is 11.5. The Morgan fingerprint density at radius 1 is 1.03 bits per heavy atom. The average Bonchev–Trinajstić information content (AvgIpc) is 2.81. The van der Waals surface area contributed by atoms with Gasteiger partial charge in [-0.05, 0) is 41.5 Å². The first-order valence-corrected chi connectivity index (χ1v) is 11.5. The minimum Gasteiger partial charge on any atom is -0.487 e. The summed E-state index contributed by atoms with van der Waals surface area (Å²) in [5.41, 5.74) is 3.77. The molecule has 0 bridgehead atoms. The predicted octanol–water partition coefficient (Wildman–Crippen LogP) is 4.00. The molecule has 5 rings (SSSR count). The molecule has 0 aliphatic carbocycles. The molecule has 1 spiro atoms. The van der Waals surface area contributed by atoms with Gasteiger partial charge in [-0.3, -0.25) is 0 Å². The van der Waals surface area contributed by atoms with Crippen molar-refractivity contribution in [2.45, 2.75) is 25.9 Å². The number of benzene rings is 2. The van der Waals surface area contributed by atoms with Crippen molar-refractivity contribution in [3.63, 3.8) is 0 Å². The normalized spacial score (nSPS) is 16.5. The molecule has 0 amide bonds. The Kier molecular flexibility index (Phi) is 5.73. The summed E-state index contributed by atoms with van der Waals surface area (Å²) in [5, 5.41) is 0. The number of esters is 1. The molecular formula is C27H29N3O4. The van der Waals surface area contributed by atoms with Crippen molar-refractivity contribution in [3.05, 3.63) is 83.2 Å². The lowest BCUT2D eigenvalue weighted by molar-refractivity contribution is -0.127. The van der Waals surface area contributed by atoms with Crippen molar-refractivity contribution in [2.24, 2.45) is 5.41 Å². The molecule has 3 aromatic rings. The van der Waals surface area contributed by atoms with E-state index in [2.05, 4.69) is 40.8 Å². The van der Waals surface area contributed by atoms with Crippen LogP contribution in [0.15, 0.2) is 60.8 Å². The average molecular weight is 460 g/mol. The van der Waals surface area contributed by atoms with Crippen molar-refractivity contribution in [1.82, 2.24) is 9.97 Å². The zero-order valence-corrected chi connectivity index (χ0v) is 19.8. The summed E-state index contributed by atoms with van der Waals surface area (Å²) in [6.07, 6.45) is 1.79. The van der Waals surface area contributed by atoms with Crippen LogP contribution in [0.5, 0.6) is 5.75 Å². The van der Waals surface area contributed by atoms with Crippen molar-refractivity contribution < 1.29 is 19.0 Å². The molecule has 7 nitrogen and oxygen atoms in total. The molecule has 176 valence electrons. The smallest absolute Gasteiger partial charge is 0.337 e. The first kappa shape index (κ1) is 22.3. The van der Waals surface area contributed by atoms with Crippen LogP contribution < -0.4 is 9.64 Å². The fourth-order valence-corrected chi connectivity index (χ4v) is 4.53. The van der Waals surface area contributed by atoms with Gasteiger partial charge in [0.1, 0.15) is 12.4 Å². The fourth-order valence-electron chi connectivity index (χ4n) is 4.53. The molecule has 34 heavy (non-hydrogen) atoms. The highest BCUT2D eigenvalue weighted by atomic mass is 16.5. The third kappa shape index (κ3) is 4.23. The van der Waals surface area contributed by atoms with Crippen molar-refractivity contribution >= 4 is 11.9 Å². The van der Waals surface area contributed by atoms with Gasteiger partial charge in [-0.15, -0.1) is 0 Å².